The second-order valence-electron chi connectivity index (χ2n) is 8.49. The molecule has 3 rings (SSSR count). The molecule has 4 amide bonds. The van der Waals surface area contributed by atoms with Gasteiger partial charge in [-0.05, 0) is 61.1 Å². The number of nitrogens with zero attached hydrogens (tertiary/aromatic N) is 2. The van der Waals surface area contributed by atoms with E-state index in [1.165, 1.54) is 10.5 Å². The molecule has 0 unspecified atom stereocenters. The molecule has 31 heavy (non-hydrogen) atoms. The third-order valence-corrected chi connectivity index (χ3v) is 5.55. The zero-order chi connectivity index (χ0) is 22.5. The highest BCUT2D eigenvalue weighted by Crippen LogP contribution is 2.28. The fourth-order valence-electron chi connectivity index (χ4n) is 3.70. The number of amides is 4. The third kappa shape index (κ3) is 5.32. The number of hydrogen-bond acceptors (Lipinski definition) is 3. The molecule has 0 aromatic heterocycles. The molecule has 1 heterocycles. The molecule has 0 bridgehead atoms. The summed E-state index contributed by atoms with van der Waals surface area (Å²) in [4.78, 5) is 41.9. The average Bonchev–Trinajstić information content (AvgIpc) is 2.96. The molecule has 1 aliphatic rings. The molecule has 6 heteroatoms. The van der Waals surface area contributed by atoms with Gasteiger partial charge in [-0.25, -0.2) is 9.69 Å². The van der Waals surface area contributed by atoms with Gasteiger partial charge in [0.1, 0.15) is 6.04 Å². The molecule has 0 spiro atoms. The first-order valence-electron chi connectivity index (χ1n) is 10.9. The van der Waals surface area contributed by atoms with E-state index in [4.69, 9.17) is 0 Å². The average molecular weight is 422 g/mol. The Balaban J connectivity index is 1.79. The lowest BCUT2D eigenvalue weighted by molar-refractivity contribution is -0.124. The Morgan fingerprint density at radius 2 is 1.81 bits per heavy atom. The number of anilines is 2. The molecule has 0 saturated carbocycles. The molecule has 1 aliphatic heterocycles. The van der Waals surface area contributed by atoms with E-state index in [0.29, 0.717) is 23.8 Å². The van der Waals surface area contributed by atoms with Gasteiger partial charge in [-0.1, -0.05) is 45.0 Å². The van der Waals surface area contributed by atoms with E-state index in [1.54, 1.807) is 11.0 Å². The van der Waals surface area contributed by atoms with E-state index < -0.39 is 6.04 Å². The van der Waals surface area contributed by atoms with E-state index in [2.05, 4.69) is 26.1 Å². The first-order chi connectivity index (χ1) is 14.8. The van der Waals surface area contributed by atoms with Crippen LogP contribution in [0, 0.1) is 12.8 Å². The molecule has 1 N–H and O–H groups in total. The highest BCUT2D eigenvalue weighted by atomic mass is 16.2. The summed E-state index contributed by atoms with van der Waals surface area (Å²) in [5, 5.41) is 2.86. The number of urea groups is 1. The summed E-state index contributed by atoms with van der Waals surface area (Å²) in [5.74, 6) is -0.255. The zero-order valence-electron chi connectivity index (χ0n) is 18.7. The molecule has 164 valence electrons. The summed E-state index contributed by atoms with van der Waals surface area (Å²) < 4.78 is 0. The van der Waals surface area contributed by atoms with Crippen molar-refractivity contribution in [1.29, 1.82) is 0 Å². The molecule has 0 aliphatic carbocycles. The van der Waals surface area contributed by atoms with Crippen LogP contribution in [0.4, 0.5) is 16.2 Å². The normalized spacial score (nSPS) is 16.4. The van der Waals surface area contributed by atoms with E-state index in [-0.39, 0.29) is 24.3 Å². The summed E-state index contributed by atoms with van der Waals surface area (Å²) in [6, 6.07) is 13.8. The van der Waals surface area contributed by atoms with E-state index in [9.17, 15) is 14.4 Å². The van der Waals surface area contributed by atoms with Crippen LogP contribution in [0.2, 0.25) is 0 Å². The van der Waals surface area contributed by atoms with Gasteiger partial charge in [0.25, 0.3) is 5.91 Å². The van der Waals surface area contributed by atoms with Crippen LogP contribution in [0.25, 0.3) is 0 Å². The maximum absolute atomic E-state index is 13.2. The molecule has 1 saturated heterocycles. The van der Waals surface area contributed by atoms with Gasteiger partial charge >= 0.3 is 6.03 Å². The Morgan fingerprint density at radius 1 is 1.10 bits per heavy atom. The standard InChI is InChI=1S/C25H31N3O3/c1-5-19-9-11-20(12-10-19)26-23(29)16-22-24(30)28(21-8-6-7-18(4)15-21)25(31)27(22)14-13-17(2)3/h6-12,15,17,22H,5,13-14,16H2,1-4H3,(H,26,29)/t22-/m0/s1. The van der Waals surface area contributed by atoms with Gasteiger partial charge in [0.05, 0.1) is 12.1 Å². The Morgan fingerprint density at radius 3 is 2.42 bits per heavy atom. The van der Waals surface area contributed by atoms with E-state index in [1.807, 2.05) is 49.4 Å². The number of benzene rings is 2. The Bertz CT molecular complexity index is 953. The maximum Gasteiger partial charge on any atom is 0.332 e. The number of aryl methyl sites for hydroxylation is 2. The Kier molecular flexibility index (Phi) is 7.10. The Labute approximate surface area is 184 Å². The van der Waals surface area contributed by atoms with Crippen molar-refractivity contribution in [2.75, 3.05) is 16.8 Å². The van der Waals surface area contributed by atoms with Crippen LogP contribution in [-0.4, -0.2) is 35.3 Å². The van der Waals surface area contributed by atoms with E-state index in [0.717, 1.165) is 18.4 Å². The Hall–Kier alpha value is -3.15. The SMILES string of the molecule is CCc1ccc(NC(=O)C[C@H]2C(=O)N(c3cccc(C)c3)C(=O)N2CCC(C)C)cc1. The molecular formula is C25H31N3O3. The minimum atomic E-state index is -0.804. The van der Waals surface area contributed by atoms with Crippen molar-refractivity contribution in [2.24, 2.45) is 5.92 Å². The van der Waals surface area contributed by atoms with Crippen LogP contribution >= 0.6 is 0 Å². The minimum Gasteiger partial charge on any atom is -0.326 e. The van der Waals surface area contributed by atoms with Crippen molar-refractivity contribution >= 4 is 29.2 Å². The fourth-order valence-corrected chi connectivity index (χ4v) is 3.70. The van der Waals surface area contributed by atoms with Gasteiger partial charge in [-0.2, -0.15) is 0 Å². The third-order valence-electron chi connectivity index (χ3n) is 5.55. The van der Waals surface area contributed by atoms with Crippen LogP contribution in [-0.2, 0) is 16.0 Å². The van der Waals surface area contributed by atoms with Gasteiger partial charge in [-0.3, -0.25) is 9.59 Å². The number of rotatable bonds is 8. The highest BCUT2D eigenvalue weighted by molar-refractivity contribution is 6.22. The molecule has 1 atom stereocenters. The predicted molar refractivity (Wildman–Crippen MR) is 123 cm³/mol. The summed E-state index contributed by atoms with van der Waals surface area (Å²) >= 11 is 0. The van der Waals surface area contributed by atoms with Crippen LogP contribution in [0.1, 0.15) is 44.7 Å². The van der Waals surface area contributed by atoms with Crippen molar-refractivity contribution < 1.29 is 14.4 Å². The molecule has 2 aromatic rings. The summed E-state index contributed by atoms with van der Waals surface area (Å²) in [6.07, 6.45) is 1.62. The van der Waals surface area contributed by atoms with Crippen LogP contribution in [0.3, 0.4) is 0 Å². The van der Waals surface area contributed by atoms with Crippen LogP contribution in [0.5, 0.6) is 0 Å². The summed E-state index contributed by atoms with van der Waals surface area (Å²) in [6.45, 7) is 8.57. The number of carbonyl (C=O) groups excluding carboxylic acids is 3. The zero-order valence-corrected chi connectivity index (χ0v) is 18.7. The van der Waals surface area contributed by atoms with Crippen molar-refractivity contribution in [1.82, 2.24) is 4.90 Å². The van der Waals surface area contributed by atoms with Gasteiger partial charge in [0, 0.05) is 12.2 Å². The molecule has 2 aromatic carbocycles. The first kappa shape index (κ1) is 22.5. The molecule has 1 fully saturated rings. The summed E-state index contributed by atoms with van der Waals surface area (Å²) in [5.41, 5.74) is 3.37. The van der Waals surface area contributed by atoms with Crippen molar-refractivity contribution in [2.45, 2.75) is 53.0 Å². The van der Waals surface area contributed by atoms with Crippen LogP contribution in [0.15, 0.2) is 48.5 Å². The minimum absolute atomic E-state index is 0.0689. The lowest BCUT2D eigenvalue weighted by Crippen LogP contribution is -2.39. The van der Waals surface area contributed by atoms with Crippen molar-refractivity contribution in [3.8, 4) is 0 Å². The largest absolute Gasteiger partial charge is 0.332 e. The van der Waals surface area contributed by atoms with Crippen molar-refractivity contribution in [3.63, 3.8) is 0 Å². The lowest BCUT2D eigenvalue weighted by Gasteiger charge is -2.22. The highest BCUT2D eigenvalue weighted by Gasteiger charge is 2.46. The second-order valence-corrected chi connectivity index (χ2v) is 8.49. The number of carbonyl (C=O) groups is 3. The van der Waals surface area contributed by atoms with Crippen LogP contribution < -0.4 is 10.2 Å². The monoisotopic (exact) mass is 421 g/mol. The van der Waals surface area contributed by atoms with Gasteiger partial charge in [0.15, 0.2) is 0 Å². The van der Waals surface area contributed by atoms with Gasteiger partial charge < -0.3 is 10.2 Å². The molecular weight excluding hydrogens is 390 g/mol. The number of imide groups is 1. The number of nitrogens with one attached hydrogen (secondary N) is 1. The maximum atomic E-state index is 13.2. The predicted octanol–water partition coefficient (Wildman–Crippen LogP) is 4.77. The van der Waals surface area contributed by atoms with Gasteiger partial charge in [0.2, 0.25) is 5.91 Å². The quantitative estimate of drug-likeness (QED) is 0.624. The summed E-state index contributed by atoms with van der Waals surface area (Å²) in [7, 11) is 0. The number of hydrogen-bond donors (Lipinski definition) is 1. The van der Waals surface area contributed by atoms with E-state index >= 15 is 0 Å². The first-order valence-corrected chi connectivity index (χ1v) is 10.9. The smallest absolute Gasteiger partial charge is 0.326 e. The van der Waals surface area contributed by atoms with Crippen molar-refractivity contribution in [3.05, 3.63) is 59.7 Å². The van der Waals surface area contributed by atoms with Gasteiger partial charge in [-0.15, -0.1) is 0 Å². The fraction of sp³-hybridized carbons (Fsp3) is 0.400. The lowest BCUT2D eigenvalue weighted by atomic mass is 10.1. The molecule has 0 radical (unpaired) electrons. The second kappa shape index (κ2) is 9.77. The topological polar surface area (TPSA) is 69.7 Å². The molecule has 6 nitrogen and oxygen atoms in total.